The molecule has 0 aliphatic heterocycles. The van der Waals surface area contributed by atoms with E-state index in [1.165, 1.54) is 6.07 Å². The molecule has 6 heteroatoms. The number of para-hydroxylation sites is 1. The summed E-state index contributed by atoms with van der Waals surface area (Å²) in [6.07, 6.45) is 0. The topological polar surface area (TPSA) is 107 Å². The molecule has 0 heterocycles. The quantitative estimate of drug-likeness (QED) is 0.620. The normalized spacial score (nSPS) is 9.71. The molecular weight excluding hydrogens is 222 g/mol. The van der Waals surface area contributed by atoms with Crippen LogP contribution in [0, 0.1) is 0 Å². The van der Waals surface area contributed by atoms with Gasteiger partial charge in [0.25, 0.3) is 11.8 Å². The SMILES string of the molecule is CCNC(=O)COc1c(N)cccc1C(N)=O. The van der Waals surface area contributed by atoms with E-state index in [2.05, 4.69) is 5.32 Å². The standard InChI is InChI=1S/C11H15N3O3/c1-2-14-9(15)6-17-10-7(11(13)16)4-3-5-8(10)12/h3-5H,2,6,12H2,1H3,(H2,13,16)(H,14,15). The molecule has 5 N–H and O–H groups in total. The van der Waals surface area contributed by atoms with Crippen molar-refractivity contribution < 1.29 is 14.3 Å². The van der Waals surface area contributed by atoms with Crippen molar-refractivity contribution in [2.45, 2.75) is 6.92 Å². The molecule has 17 heavy (non-hydrogen) atoms. The van der Waals surface area contributed by atoms with Gasteiger partial charge in [-0.1, -0.05) is 6.07 Å². The Morgan fingerprint density at radius 1 is 1.41 bits per heavy atom. The lowest BCUT2D eigenvalue weighted by Crippen LogP contribution is -2.29. The van der Waals surface area contributed by atoms with Crippen molar-refractivity contribution in [1.82, 2.24) is 5.32 Å². The van der Waals surface area contributed by atoms with Crippen molar-refractivity contribution in [3.05, 3.63) is 23.8 Å². The summed E-state index contributed by atoms with van der Waals surface area (Å²) < 4.78 is 5.21. The number of nitrogens with two attached hydrogens (primary N) is 2. The van der Waals surface area contributed by atoms with Gasteiger partial charge in [-0.2, -0.15) is 0 Å². The number of likely N-dealkylation sites (N-methyl/N-ethyl adjacent to an activating group) is 1. The average Bonchev–Trinajstić information content (AvgIpc) is 2.27. The Hall–Kier alpha value is -2.24. The summed E-state index contributed by atoms with van der Waals surface area (Å²) >= 11 is 0. The molecule has 0 spiro atoms. The highest BCUT2D eigenvalue weighted by atomic mass is 16.5. The first-order chi connectivity index (χ1) is 8.06. The number of carbonyl (C=O) groups is 2. The molecular formula is C11H15N3O3. The summed E-state index contributed by atoms with van der Waals surface area (Å²) in [4.78, 5) is 22.3. The van der Waals surface area contributed by atoms with Gasteiger partial charge in [0.05, 0.1) is 11.3 Å². The molecule has 0 fully saturated rings. The van der Waals surface area contributed by atoms with Crippen molar-refractivity contribution >= 4 is 17.5 Å². The van der Waals surface area contributed by atoms with Gasteiger partial charge >= 0.3 is 0 Å². The molecule has 0 atom stereocenters. The van der Waals surface area contributed by atoms with Gasteiger partial charge in [-0.05, 0) is 19.1 Å². The maximum atomic E-state index is 11.2. The highest BCUT2D eigenvalue weighted by molar-refractivity contribution is 5.97. The van der Waals surface area contributed by atoms with Crippen LogP contribution in [0.15, 0.2) is 18.2 Å². The van der Waals surface area contributed by atoms with Crippen molar-refractivity contribution in [3.63, 3.8) is 0 Å². The second kappa shape index (κ2) is 5.74. The van der Waals surface area contributed by atoms with Crippen LogP contribution in [0.4, 0.5) is 5.69 Å². The zero-order valence-corrected chi connectivity index (χ0v) is 9.53. The molecule has 0 radical (unpaired) electrons. The molecule has 0 aromatic heterocycles. The van der Waals surface area contributed by atoms with Gasteiger partial charge in [-0.15, -0.1) is 0 Å². The molecule has 1 rings (SSSR count). The number of ether oxygens (including phenoxy) is 1. The van der Waals surface area contributed by atoms with Gasteiger partial charge < -0.3 is 21.5 Å². The van der Waals surface area contributed by atoms with Gasteiger partial charge in [-0.3, -0.25) is 9.59 Å². The lowest BCUT2D eigenvalue weighted by atomic mass is 10.1. The van der Waals surface area contributed by atoms with Crippen LogP contribution < -0.4 is 21.5 Å². The highest BCUT2D eigenvalue weighted by Gasteiger charge is 2.13. The number of hydrogen-bond acceptors (Lipinski definition) is 4. The van der Waals surface area contributed by atoms with E-state index in [-0.39, 0.29) is 29.5 Å². The minimum absolute atomic E-state index is 0.145. The Bertz CT molecular complexity index is 432. The minimum Gasteiger partial charge on any atom is -0.481 e. The van der Waals surface area contributed by atoms with Crippen LogP contribution in [0.25, 0.3) is 0 Å². The summed E-state index contributed by atoms with van der Waals surface area (Å²) in [6, 6.07) is 4.65. The Kier molecular flexibility index (Phi) is 4.33. The number of carbonyl (C=O) groups excluding carboxylic acids is 2. The van der Waals surface area contributed by atoms with E-state index in [0.29, 0.717) is 6.54 Å². The van der Waals surface area contributed by atoms with Crippen LogP contribution in [-0.4, -0.2) is 25.0 Å². The largest absolute Gasteiger partial charge is 0.481 e. The molecule has 2 amide bonds. The first kappa shape index (κ1) is 12.8. The molecule has 6 nitrogen and oxygen atoms in total. The van der Waals surface area contributed by atoms with Gasteiger partial charge in [0.1, 0.15) is 0 Å². The monoisotopic (exact) mass is 237 g/mol. The number of nitrogens with one attached hydrogen (secondary N) is 1. The number of anilines is 1. The third kappa shape index (κ3) is 3.37. The van der Waals surface area contributed by atoms with E-state index < -0.39 is 5.91 Å². The minimum atomic E-state index is -0.650. The smallest absolute Gasteiger partial charge is 0.257 e. The molecule has 1 aromatic rings. The highest BCUT2D eigenvalue weighted by Crippen LogP contribution is 2.25. The molecule has 92 valence electrons. The lowest BCUT2D eigenvalue weighted by Gasteiger charge is -2.11. The molecule has 0 aliphatic rings. The molecule has 1 aromatic carbocycles. The number of hydrogen-bond donors (Lipinski definition) is 3. The number of rotatable bonds is 5. The van der Waals surface area contributed by atoms with Crippen LogP contribution in [0.5, 0.6) is 5.75 Å². The molecule has 0 bridgehead atoms. The summed E-state index contributed by atoms with van der Waals surface area (Å²) in [5.41, 5.74) is 11.3. The fourth-order valence-electron chi connectivity index (χ4n) is 1.30. The van der Waals surface area contributed by atoms with Crippen molar-refractivity contribution in [2.75, 3.05) is 18.9 Å². The Morgan fingerprint density at radius 3 is 2.71 bits per heavy atom. The Labute approximate surface area is 98.9 Å². The summed E-state index contributed by atoms with van der Waals surface area (Å²) in [6.45, 7) is 2.10. The Balaban J connectivity index is 2.82. The summed E-state index contributed by atoms with van der Waals surface area (Å²) in [5.74, 6) is -0.791. The van der Waals surface area contributed by atoms with E-state index in [1.54, 1.807) is 19.1 Å². The third-order valence-corrected chi connectivity index (χ3v) is 2.03. The van der Waals surface area contributed by atoms with Crippen molar-refractivity contribution in [2.24, 2.45) is 5.73 Å². The molecule has 0 aliphatic carbocycles. The van der Waals surface area contributed by atoms with Crippen molar-refractivity contribution in [3.8, 4) is 5.75 Å². The van der Waals surface area contributed by atoms with Crippen LogP contribution in [0.2, 0.25) is 0 Å². The van der Waals surface area contributed by atoms with Gasteiger partial charge in [0.2, 0.25) is 0 Å². The van der Waals surface area contributed by atoms with Crippen LogP contribution in [0.1, 0.15) is 17.3 Å². The number of nitrogen functional groups attached to an aromatic ring is 1. The van der Waals surface area contributed by atoms with E-state index in [1.807, 2.05) is 0 Å². The zero-order valence-electron chi connectivity index (χ0n) is 9.53. The fourth-order valence-corrected chi connectivity index (χ4v) is 1.30. The van der Waals surface area contributed by atoms with E-state index in [4.69, 9.17) is 16.2 Å². The zero-order chi connectivity index (χ0) is 12.8. The fraction of sp³-hybridized carbons (Fsp3) is 0.273. The first-order valence-electron chi connectivity index (χ1n) is 5.14. The van der Waals surface area contributed by atoms with E-state index in [9.17, 15) is 9.59 Å². The third-order valence-electron chi connectivity index (χ3n) is 2.03. The van der Waals surface area contributed by atoms with Gasteiger partial charge in [-0.25, -0.2) is 0 Å². The predicted octanol–water partition coefficient (Wildman–Crippen LogP) is -0.117. The predicted molar refractivity (Wildman–Crippen MR) is 63.6 cm³/mol. The first-order valence-corrected chi connectivity index (χ1v) is 5.14. The number of primary amides is 1. The second-order valence-electron chi connectivity index (χ2n) is 3.33. The lowest BCUT2D eigenvalue weighted by molar-refractivity contribution is -0.122. The number of benzene rings is 1. The molecule has 0 unspecified atom stereocenters. The van der Waals surface area contributed by atoms with E-state index >= 15 is 0 Å². The molecule has 0 saturated carbocycles. The second-order valence-corrected chi connectivity index (χ2v) is 3.33. The number of amides is 2. The van der Waals surface area contributed by atoms with Crippen molar-refractivity contribution in [1.29, 1.82) is 0 Å². The van der Waals surface area contributed by atoms with Crippen LogP contribution >= 0.6 is 0 Å². The van der Waals surface area contributed by atoms with Crippen LogP contribution in [0.3, 0.4) is 0 Å². The average molecular weight is 237 g/mol. The van der Waals surface area contributed by atoms with Gasteiger partial charge in [0.15, 0.2) is 12.4 Å². The summed E-state index contributed by atoms with van der Waals surface area (Å²) in [5, 5.41) is 2.56. The van der Waals surface area contributed by atoms with Crippen LogP contribution in [-0.2, 0) is 4.79 Å². The Morgan fingerprint density at radius 2 is 2.12 bits per heavy atom. The maximum absolute atomic E-state index is 11.2. The summed E-state index contributed by atoms with van der Waals surface area (Å²) in [7, 11) is 0. The van der Waals surface area contributed by atoms with Gasteiger partial charge in [0, 0.05) is 6.54 Å². The molecule has 0 saturated heterocycles. The maximum Gasteiger partial charge on any atom is 0.257 e. The van der Waals surface area contributed by atoms with E-state index in [0.717, 1.165) is 0 Å².